The number of ether oxygens (including phenoxy) is 3. The maximum atomic E-state index is 13.6. The molecule has 1 saturated carbocycles. The van der Waals surface area contributed by atoms with E-state index >= 15 is 0 Å². The maximum absolute atomic E-state index is 13.6. The van der Waals surface area contributed by atoms with E-state index in [0.717, 1.165) is 0 Å². The molecular weight excluding hydrogens is 658 g/mol. The highest BCUT2D eigenvalue weighted by Gasteiger charge is 2.47. The summed E-state index contributed by atoms with van der Waals surface area (Å²) >= 11 is 0. The zero-order valence-corrected chi connectivity index (χ0v) is 27.2. The average molecular weight is 687 g/mol. The average Bonchev–Trinajstić information content (AvgIpc) is 3.05. The first kappa shape index (κ1) is 40.4. The number of esters is 3. The quantitative estimate of drug-likeness (QED) is 0.136. The molecule has 3 unspecified atom stereocenters. The summed E-state index contributed by atoms with van der Waals surface area (Å²) in [6, 6.07) is 6.26. The molecule has 1 N–H and O–H groups in total. The number of halogens is 3. The molecule has 0 aliphatic heterocycles. The van der Waals surface area contributed by atoms with Crippen molar-refractivity contribution < 1.29 is 54.7 Å². The van der Waals surface area contributed by atoms with Gasteiger partial charge in [0.05, 0.1) is 64.1 Å². The van der Waals surface area contributed by atoms with Gasteiger partial charge in [-0.05, 0) is 36.1 Å². The zero-order chi connectivity index (χ0) is 36.7. The smallest absolute Gasteiger partial charge is 0.426 e. The Morgan fingerprint density at radius 2 is 1.16 bits per heavy atom. The van der Waals surface area contributed by atoms with Crippen LogP contribution in [0.2, 0.25) is 0 Å². The van der Waals surface area contributed by atoms with E-state index in [1.165, 1.54) is 12.1 Å². The first-order chi connectivity index (χ1) is 23.0. The number of alkyl halides is 3. The standard InChI is InChI=1S/C30H29B6F3O9S/c31-8-15-1-18(10-33)24(12-35)22(3-15)28(41)46-20-5-17(27(40)48-26(30(37,38)39)14-49(43,44)45)6-21(7-20)47-29(42)23-4-16(9-32)2-19(11-34)25(23)13-36/h1-4,17,20-21,26H,5-14H2,(H,43,44,45). The predicted octanol–water partition coefficient (Wildman–Crippen LogP) is 1.61. The van der Waals surface area contributed by atoms with E-state index in [0.29, 0.717) is 33.4 Å². The minimum Gasteiger partial charge on any atom is -0.459 e. The Bertz CT molecular complexity index is 1560. The molecule has 9 nitrogen and oxygen atoms in total. The fourth-order valence-electron chi connectivity index (χ4n) is 5.70. The largest absolute Gasteiger partial charge is 0.459 e. The fraction of sp³-hybridized carbons (Fsp3) is 0.500. The summed E-state index contributed by atoms with van der Waals surface area (Å²) in [7, 11) is 29.7. The molecule has 0 saturated heterocycles. The van der Waals surface area contributed by atoms with Gasteiger partial charge in [-0.1, -0.05) is 72.3 Å². The first-order valence-electron chi connectivity index (χ1n) is 15.1. The van der Waals surface area contributed by atoms with Crippen molar-refractivity contribution in [2.24, 2.45) is 5.92 Å². The number of benzene rings is 2. The van der Waals surface area contributed by atoms with E-state index in [9.17, 15) is 36.0 Å². The Balaban J connectivity index is 1.98. The van der Waals surface area contributed by atoms with Crippen LogP contribution < -0.4 is 0 Å². The molecule has 248 valence electrons. The normalized spacial score (nSPS) is 18.7. The molecule has 19 heteroatoms. The van der Waals surface area contributed by atoms with Gasteiger partial charge in [-0.15, -0.1) is 0 Å². The molecule has 0 amide bonds. The third kappa shape index (κ3) is 10.7. The van der Waals surface area contributed by atoms with Crippen molar-refractivity contribution in [3.63, 3.8) is 0 Å². The van der Waals surface area contributed by atoms with Crippen LogP contribution in [0, 0.1) is 5.92 Å². The fourth-order valence-corrected chi connectivity index (χ4v) is 6.34. The van der Waals surface area contributed by atoms with Crippen molar-refractivity contribution in [3.8, 4) is 0 Å². The van der Waals surface area contributed by atoms with Crippen LogP contribution in [-0.2, 0) is 67.0 Å². The van der Waals surface area contributed by atoms with Gasteiger partial charge in [-0.2, -0.15) is 21.6 Å². The molecule has 12 radical (unpaired) electrons. The second-order valence-corrected chi connectivity index (χ2v) is 13.0. The second kappa shape index (κ2) is 17.2. The highest BCUT2D eigenvalue weighted by molar-refractivity contribution is 7.85. The Morgan fingerprint density at radius 3 is 1.49 bits per heavy atom. The Hall–Kier alpha value is -3.06. The molecule has 0 spiro atoms. The van der Waals surface area contributed by atoms with Crippen LogP contribution in [0.5, 0.6) is 0 Å². The maximum Gasteiger partial charge on any atom is 0.426 e. The summed E-state index contributed by atoms with van der Waals surface area (Å²) < 4.78 is 88.2. The molecule has 3 atom stereocenters. The molecule has 2 aromatic rings. The van der Waals surface area contributed by atoms with E-state index in [2.05, 4.69) is 4.74 Å². The number of hydrogen-bond acceptors (Lipinski definition) is 8. The predicted molar refractivity (Wildman–Crippen MR) is 178 cm³/mol. The lowest BCUT2D eigenvalue weighted by Crippen LogP contribution is -2.44. The molecule has 0 bridgehead atoms. The Labute approximate surface area is 291 Å². The Morgan fingerprint density at radius 1 is 0.735 bits per heavy atom. The molecule has 3 rings (SSSR count). The number of carbonyl (C=O) groups excluding carboxylic acids is 3. The molecule has 2 aromatic carbocycles. The van der Waals surface area contributed by atoms with Gasteiger partial charge in [-0.25, -0.2) is 9.59 Å². The summed E-state index contributed by atoms with van der Waals surface area (Å²) in [5, 5.41) is 0. The third-order valence-electron chi connectivity index (χ3n) is 8.05. The van der Waals surface area contributed by atoms with Crippen molar-refractivity contribution in [2.75, 3.05) is 5.75 Å². The van der Waals surface area contributed by atoms with Crippen molar-refractivity contribution in [1.29, 1.82) is 0 Å². The van der Waals surface area contributed by atoms with E-state index in [1.54, 1.807) is 12.1 Å². The molecular formula is C30H29B6F3O9S. The number of hydrogen-bond donors (Lipinski definition) is 1. The van der Waals surface area contributed by atoms with E-state index in [4.69, 9.17) is 61.1 Å². The molecule has 1 aliphatic rings. The van der Waals surface area contributed by atoms with Gasteiger partial charge in [0.2, 0.25) is 6.10 Å². The van der Waals surface area contributed by atoms with Crippen LogP contribution in [0.25, 0.3) is 0 Å². The van der Waals surface area contributed by atoms with Crippen LogP contribution in [0.1, 0.15) is 73.4 Å². The summed E-state index contributed by atoms with van der Waals surface area (Å²) in [5.41, 5.74) is 2.89. The van der Waals surface area contributed by atoms with Gasteiger partial charge in [0.1, 0.15) is 18.0 Å². The van der Waals surface area contributed by atoms with Gasteiger partial charge >= 0.3 is 24.1 Å². The van der Waals surface area contributed by atoms with Crippen molar-refractivity contribution in [2.45, 2.75) is 81.7 Å². The highest BCUT2D eigenvalue weighted by atomic mass is 32.2. The topological polar surface area (TPSA) is 133 Å². The lowest BCUT2D eigenvalue weighted by Gasteiger charge is -2.34. The molecule has 1 aliphatic carbocycles. The number of carbonyl (C=O) groups is 3. The lowest BCUT2D eigenvalue weighted by molar-refractivity contribution is -0.219. The van der Waals surface area contributed by atoms with Gasteiger partial charge in [0.25, 0.3) is 10.1 Å². The highest BCUT2D eigenvalue weighted by Crippen LogP contribution is 2.34. The minimum atomic E-state index is -5.36. The van der Waals surface area contributed by atoms with Crippen molar-refractivity contribution in [1.82, 2.24) is 0 Å². The van der Waals surface area contributed by atoms with Gasteiger partial charge < -0.3 is 14.2 Å². The molecule has 1 fully saturated rings. The summed E-state index contributed by atoms with van der Waals surface area (Å²) in [5.74, 6) is -6.78. The van der Waals surface area contributed by atoms with Crippen LogP contribution in [0.15, 0.2) is 24.3 Å². The van der Waals surface area contributed by atoms with Crippen molar-refractivity contribution >= 4 is 75.1 Å². The van der Waals surface area contributed by atoms with Gasteiger partial charge in [-0.3, -0.25) is 9.35 Å². The first-order valence-corrected chi connectivity index (χ1v) is 16.7. The molecule has 0 heterocycles. The zero-order valence-electron chi connectivity index (χ0n) is 26.4. The van der Waals surface area contributed by atoms with E-state index in [1.807, 2.05) is 0 Å². The summed E-state index contributed by atoms with van der Waals surface area (Å²) in [6.07, 6.45) is -12.1. The van der Waals surface area contributed by atoms with Crippen LogP contribution >= 0.6 is 0 Å². The van der Waals surface area contributed by atoms with E-state index in [-0.39, 0.29) is 68.3 Å². The Kier molecular flexibility index (Phi) is 14.2. The lowest BCUT2D eigenvalue weighted by atomic mass is 9.81. The van der Waals surface area contributed by atoms with Gasteiger partial charge in [0, 0.05) is 6.42 Å². The van der Waals surface area contributed by atoms with Crippen LogP contribution in [-0.4, -0.2) is 108 Å². The van der Waals surface area contributed by atoms with Crippen LogP contribution in [0.3, 0.4) is 0 Å². The SMILES string of the molecule is [B]Cc1cc(C[B])c(C[B])c(C(=O)OC2CC(OC(=O)c3cc(C[B])cc(C[B])c3C[B])CC(C(=O)OC(CS(=O)(=O)O)C(F)(F)F)C2)c1. The molecule has 0 aromatic heterocycles. The van der Waals surface area contributed by atoms with E-state index < -0.39 is 64.2 Å². The summed E-state index contributed by atoms with van der Waals surface area (Å²) in [6.45, 7) is 0. The third-order valence-corrected chi connectivity index (χ3v) is 8.77. The van der Waals surface area contributed by atoms with Crippen LogP contribution in [0.4, 0.5) is 13.2 Å². The summed E-state index contributed by atoms with van der Waals surface area (Å²) in [4.78, 5) is 40.1. The minimum absolute atomic E-state index is 0.0158. The van der Waals surface area contributed by atoms with Crippen molar-refractivity contribution in [3.05, 3.63) is 68.8 Å². The van der Waals surface area contributed by atoms with Gasteiger partial charge in [0.15, 0.2) is 0 Å². The number of rotatable bonds is 14. The molecule has 49 heavy (non-hydrogen) atoms. The second-order valence-electron chi connectivity index (χ2n) is 11.5. The monoisotopic (exact) mass is 688 g/mol.